The van der Waals surface area contributed by atoms with Gasteiger partial charge in [-0.1, -0.05) is 23.7 Å². The molecule has 1 aromatic heterocycles. The number of carbonyl (C=O) groups is 2. The third-order valence-electron chi connectivity index (χ3n) is 3.86. The van der Waals surface area contributed by atoms with Crippen molar-refractivity contribution in [1.82, 2.24) is 0 Å². The minimum atomic E-state index is -0.285. The molecule has 0 spiro atoms. The van der Waals surface area contributed by atoms with Gasteiger partial charge in [-0.15, -0.1) is 11.3 Å². The van der Waals surface area contributed by atoms with E-state index in [1.165, 1.54) is 11.3 Å². The van der Waals surface area contributed by atoms with Gasteiger partial charge in [-0.25, -0.2) is 0 Å². The fraction of sp³-hybridized carbons (Fsp3) is 0.111. The number of anilines is 2. The average molecular weight is 373 g/mol. The minimum Gasteiger partial charge on any atom is -0.482 e. The molecule has 126 valence electrons. The van der Waals surface area contributed by atoms with Gasteiger partial charge in [-0.05, 0) is 36.8 Å². The molecule has 1 aliphatic heterocycles. The van der Waals surface area contributed by atoms with E-state index < -0.39 is 0 Å². The quantitative estimate of drug-likeness (QED) is 0.698. The molecule has 2 amide bonds. The molecule has 7 heteroatoms. The monoisotopic (exact) mass is 372 g/mol. The number of amides is 2. The first kappa shape index (κ1) is 15.9. The molecule has 0 saturated carbocycles. The molecule has 2 N–H and O–H groups in total. The van der Waals surface area contributed by atoms with Crippen LogP contribution in [-0.2, 0) is 4.79 Å². The van der Waals surface area contributed by atoms with Crippen LogP contribution in [0.4, 0.5) is 11.4 Å². The highest BCUT2D eigenvalue weighted by atomic mass is 35.5. The van der Waals surface area contributed by atoms with E-state index >= 15 is 0 Å². The van der Waals surface area contributed by atoms with Crippen LogP contribution in [0.5, 0.6) is 5.75 Å². The van der Waals surface area contributed by atoms with E-state index in [1.807, 2.05) is 25.1 Å². The molecule has 0 fully saturated rings. The first-order chi connectivity index (χ1) is 12.0. The molecule has 0 unspecified atom stereocenters. The second-order valence-corrected chi connectivity index (χ2v) is 7.18. The van der Waals surface area contributed by atoms with Gasteiger partial charge in [0.05, 0.1) is 10.7 Å². The summed E-state index contributed by atoms with van der Waals surface area (Å²) in [5.74, 6) is 0.0683. The molecule has 1 aliphatic rings. The van der Waals surface area contributed by atoms with Crippen LogP contribution >= 0.6 is 22.9 Å². The molecular weight excluding hydrogens is 360 g/mol. The van der Waals surface area contributed by atoms with Crippen LogP contribution in [0, 0.1) is 6.92 Å². The van der Waals surface area contributed by atoms with E-state index in [2.05, 4.69) is 10.6 Å². The number of aryl methyl sites for hydroxylation is 1. The molecule has 25 heavy (non-hydrogen) atoms. The van der Waals surface area contributed by atoms with E-state index in [-0.39, 0.29) is 18.4 Å². The Hall–Kier alpha value is -2.57. The molecule has 3 aromatic rings. The van der Waals surface area contributed by atoms with Crippen molar-refractivity contribution in [3.8, 4) is 5.75 Å². The summed E-state index contributed by atoms with van der Waals surface area (Å²) in [4.78, 5) is 24.5. The molecule has 2 heterocycles. The number of carbonyl (C=O) groups excluding carboxylic acids is 2. The molecular formula is C18H13ClN2O3S. The van der Waals surface area contributed by atoms with Gasteiger partial charge in [-0.3, -0.25) is 9.59 Å². The van der Waals surface area contributed by atoms with Gasteiger partial charge < -0.3 is 15.4 Å². The Bertz CT molecular complexity index is 1030. The number of thiophene rings is 1. The predicted molar refractivity (Wildman–Crippen MR) is 100 cm³/mol. The first-order valence-corrected chi connectivity index (χ1v) is 8.77. The molecule has 5 nitrogen and oxygen atoms in total. The Morgan fingerprint density at radius 2 is 2.12 bits per heavy atom. The van der Waals surface area contributed by atoms with E-state index in [0.29, 0.717) is 27.0 Å². The van der Waals surface area contributed by atoms with E-state index in [4.69, 9.17) is 16.3 Å². The van der Waals surface area contributed by atoms with E-state index in [9.17, 15) is 9.59 Å². The Balaban J connectivity index is 1.63. The number of fused-ring (bicyclic) bond motifs is 2. The third-order valence-corrected chi connectivity index (χ3v) is 5.52. The fourth-order valence-corrected chi connectivity index (χ4v) is 4.18. The van der Waals surface area contributed by atoms with Gasteiger partial charge in [0, 0.05) is 15.8 Å². The lowest BCUT2D eigenvalue weighted by Gasteiger charge is -2.18. The third kappa shape index (κ3) is 2.94. The normalized spacial score (nSPS) is 13.1. The molecule has 0 radical (unpaired) electrons. The number of rotatable bonds is 2. The fourth-order valence-electron chi connectivity index (χ4n) is 2.67. The van der Waals surface area contributed by atoms with Crippen molar-refractivity contribution in [2.45, 2.75) is 6.92 Å². The van der Waals surface area contributed by atoms with Crippen LogP contribution in [0.2, 0.25) is 5.02 Å². The maximum atomic E-state index is 12.6. The summed E-state index contributed by atoms with van der Waals surface area (Å²) in [5.41, 5.74) is 2.20. The van der Waals surface area contributed by atoms with Gasteiger partial charge in [0.2, 0.25) is 0 Å². The van der Waals surface area contributed by atoms with Crippen molar-refractivity contribution in [3.05, 3.63) is 51.9 Å². The van der Waals surface area contributed by atoms with Gasteiger partial charge in [0.1, 0.15) is 10.6 Å². The zero-order valence-corrected chi connectivity index (χ0v) is 14.8. The second-order valence-electron chi connectivity index (χ2n) is 5.75. The largest absolute Gasteiger partial charge is 0.482 e. The van der Waals surface area contributed by atoms with Crippen LogP contribution in [0.25, 0.3) is 10.1 Å². The number of hydrogen-bond acceptors (Lipinski definition) is 4. The molecule has 0 bridgehead atoms. The Labute approximate surface area is 152 Å². The van der Waals surface area contributed by atoms with Crippen molar-refractivity contribution in [1.29, 1.82) is 0 Å². The highest BCUT2D eigenvalue weighted by Crippen LogP contribution is 2.37. The van der Waals surface area contributed by atoms with Gasteiger partial charge in [0.25, 0.3) is 11.8 Å². The van der Waals surface area contributed by atoms with Crippen molar-refractivity contribution in [2.24, 2.45) is 0 Å². The molecule has 0 atom stereocenters. The topological polar surface area (TPSA) is 67.4 Å². The summed E-state index contributed by atoms with van der Waals surface area (Å²) in [6, 6.07) is 11.0. The number of ether oxygens (including phenoxy) is 1. The first-order valence-electron chi connectivity index (χ1n) is 7.58. The Morgan fingerprint density at radius 3 is 2.96 bits per heavy atom. The highest BCUT2D eigenvalue weighted by molar-refractivity contribution is 7.21. The van der Waals surface area contributed by atoms with Crippen LogP contribution in [-0.4, -0.2) is 18.4 Å². The molecule has 0 saturated heterocycles. The van der Waals surface area contributed by atoms with Gasteiger partial charge >= 0.3 is 0 Å². The average Bonchev–Trinajstić information content (AvgIpc) is 2.90. The van der Waals surface area contributed by atoms with E-state index in [0.717, 1.165) is 15.6 Å². The number of benzene rings is 2. The lowest BCUT2D eigenvalue weighted by Crippen LogP contribution is -2.25. The van der Waals surface area contributed by atoms with Crippen molar-refractivity contribution in [2.75, 3.05) is 17.2 Å². The number of hydrogen-bond donors (Lipinski definition) is 2. The lowest BCUT2D eigenvalue weighted by molar-refractivity contribution is -0.118. The smallest absolute Gasteiger partial charge is 0.267 e. The predicted octanol–water partition coefficient (Wildman–Crippen LogP) is 4.45. The second kappa shape index (κ2) is 6.06. The van der Waals surface area contributed by atoms with Crippen LogP contribution < -0.4 is 15.4 Å². The number of halogens is 1. The van der Waals surface area contributed by atoms with E-state index in [1.54, 1.807) is 18.2 Å². The van der Waals surface area contributed by atoms with Crippen molar-refractivity contribution in [3.63, 3.8) is 0 Å². The Kier molecular flexibility index (Phi) is 3.86. The zero-order valence-electron chi connectivity index (χ0n) is 13.2. The van der Waals surface area contributed by atoms with Crippen molar-refractivity contribution >= 4 is 56.2 Å². The van der Waals surface area contributed by atoms with Gasteiger partial charge in [-0.2, -0.15) is 0 Å². The Morgan fingerprint density at radius 1 is 1.28 bits per heavy atom. The lowest BCUT2D eigenvalue weighted by atomic mass is 10.2. The summed E-state index contributed by atoms with van der Waals surface area (Å²) in [6.45, 7) is 1.99. The maximum Gasteiger partial charge on any atom is 0.267 e. The van der Waals surface area contributed by atoms with Crippen molar-refractivity contribution < 1.29 is 14.3 Å². The summed E-state index contributed by atoms with van der Waals surface area (Å²) >= 11 is 7.73. The molecule has 4 rings (SSSR count). The molecule has 0 aliphatic carbocycles. The minimum absolute atomic E-state index is 0.00445. The zero-order chi connectivity index (χ0) is 17.6. The maximum absolute atomic E-state index is 12.6. The standard InChI is InChI=1S/C18H13ClN2O3S/c1-9-2-4-11-14(6-9)25-17(16(11)19)18(23)20-10-3-5-13-12(7-10)21-15(22)8-24-13/h2-7H,8H2,1H3,(H,20,23)(H,21,22). The summed E-state index contributed by atoms with van der Waals surface area (Å²) in [5, 5.41) is 6.85. The van der Waals surface area contributed by atoms with Crippen LogP contribution in [0.1, 0.15) is 15.2 Å². The number of nitrogens with one attached hydrogen (secondary N) is 2. The SMILES string of the molecule is Cc1ccc2c(Cl)c(C(=O)Nc3ccc4c(c3)NC(=O)CO4)sc2c1. The molecule has 2 aromatic carbocycles. The highest BCUT2D eigenvalue weighted by Gasteiger charge is 2.19. The van der Waals surface area contributed by atoms with Crippen LogP contribution in [0.3, 0.4) is 0 Å². The van der Waals surface area contributed by atoms with Crippen LogP contribution in [0.15, 0.2) is 36.4 Å². The van der Waals surface area contributed by atoms with Gasteiger partial charge in [0.15, 0.2) is 6.61 Å². The summed E-state index contributed by atoms with van der Waals surface area (Å²) < 4.78 is 6.28. The summed E-state index contributed by atoms with van der Waals surface area (Å²) in [6.07, 6.45) is 0. The summed E-state index contributed by atoms with van der Waals surface area (Å²) in [7, 11) is 0.